The van der Waals surface area contributed by atoms with Gasteiger partial charge in [0.05, 0.1) is 0 Å². The molecule has 112 valence electrons. The van der Waals surface area contributed by atoms with Gasteiger partial charge >= 0.3 is 146 Å². The first-order valence-electron chi connectivity index (χ1n) is 7.19. The molecule has 21 heavy (non-hydrogen) atoms. The molecule has 0 bridgehead atoms. The Kier molecular flexibility index (Phi) is 5.42. The maximum absolute atomic E-state index is 4.19. The summed E-state index contributed by atoms with van der Waals surface area (Å²) in [4.78, 5) is 0. The van der Waals surface area contributed by atoms with Crippen molar-refractivity contribution in [2.24, 2.45) is 0 Å². The fourth-order valence-electron chi connectivity index (χ4n) is 3.48. The Hall–Kier alpha value is 0.322. The Balaban J connectivity index is 2.74. The van der Waals surface area contributed by atoms with E-state index in [1.54, 1.807) is 0 Å². The normalized spacial score (nSPS) is 11.8. The van der Waals surface area contributed by atoms with E-state index >= 15 is 0 Å². The minimum atomic E-state index is -3.08. The van der Waals surface area contributed by atoms with E-state index in [1.165, 1.54) is 39.6 Å². The SMILES string of the molecule is Cc1cc(C)[c]([Pb]([Br])([Br])[c]2c(C)cc(C)cc2C)c(C)c1. The molecular formula is C18H22Br2Pb. The van der Waals surface area contributed by atoms with Gasteiger partial charge in [0.1, 0.15) is 0 Å². The molecule has 0 spiro atoms. The summed E-state index contributed by atoms with van der Waals surface area (Å²) in [7, 11) is 0. The Labute approximate surface area is 144 Å². The zero-order valence-corrected chi connectivity index (χ0v) is 20.6. The summed E-state index contributed by atoms with van der Waals surface area (Å²) in [5, 5.41) is 0. The molecule has 0 saturated carbocycles. The molecule has 2 rings (SSSR count). The molecular weight excluding hydrogens is 583 g/mol. The van der Waals surface area contributed by atoms with Gasteiger partial charge in [0.15, 0.2) is 0 Å². The second kappa shape index (κ2) is 6.44. The topological polar surface area (TPSA) is 0 Å². The average Bonchev–Trinajstić information content (AvgIpc) is 2.23. The van der Waals surface area contributed by atoms with Gasteiger partial charge in [-0.3, -0.25) is 0 Å². The summed E-state index contributed by atoms with van der Waals surface area (Å²) >= 11 is 5.30. The van der Waals surface area contributed by atoms with Crippen LogP contribution in [0.5, 0.6) is 0 Å². The second-order valence-corrected chi connectivity index (χ2v) is 44.7. The fraction of sp³-hybridized carbons (Fsp3) is 0.333. The Bertz CT molecular complexity index is 597. The van der Waals surface area contributed by atoms with Crippen molar-refractivity contribution in [2.75, 3.05) is 0 Å². The van der Waals surface area contributed by atoms with E-state index in [9.17, 15) is 0 Å². The molecule has 3 heteroatoms. The number of hydrogen-bond donors (Lipinski definition) is 0. The quantitative estimate of drug-likeness (QED) is 0.429. The third-order valence-electron chi connectivity index (χ3n) is 3.98. The Morgan fingerprint density at radius 2 is 0.810 bits per heavy atom. The molecule has 0 aromatic heterocycles. The van der Waals surface area contributed by atoms with Crippen LogP contribution in [-0.2, 0) is 0 Å². The summed E-state index contributed by atoms with van der Waals surface area (Å²) in [6.45, 7) is 13.3. The van der Waals surface area contributed by atoms with E-state index in [2.05, 4.69) is 89.8 Å². The van der Waals surface area contributed by atoms with Gasteiger partial charge in [-0.25, -0.2) is 0 Å². The molecule has 0 radical (unpaired) electrons. The molecule has 0 aliphatic carbocycles. The monoisotopic (exact) mass is 604 g/mol. The molecule has 0 amide bonds. The van der Waals surface area contributed by atoms with Crippen LogP contribution in [0.3, 0.4) is 0 Å². The molecule has 0 nitrogen and oxygen atoms in total. The molecule has 0 saturated heterocycles. The van der Waals surface area contributed by atoms with Crippen LogP contribution in [0.15, 0.2) is 24.3 Å². The van der Waals surface area contributed by atoms with Crippen molar-refractivity contribution in [3.63, 3.8) is 0 Å². The number of aryl methyl sites for hydroxylation is 6. The van der Waals surface area contributed by atoms with Crippen molar-refractivity contribution in [3.8, 4) is 0 Å². The average molecular weight is 605 g/mol. The van der Waals surface area contributed by atoms with Gasteiger partial charge in [-0.15, -0.1) is 0 Å². The van der Waals surface area contributed by atoms with Gasteiger partial charge in [-0.1, -0.05) is 0 Å². The zero-order chi connectivity index (χ0) is 15.9. The molecule has 0 N–H and O–H groups in total. The molecule has 0 unspecified atom stereocenters. The zero-order valence-electron chi connectivity index (χ0n) is 13.6. The summed E-state index contributed by atoms with van der Waals surface area (Å²) in [6, 6.07) is 9.22. The summed E-state index contributed by atoms with van der Waals surface area (Å²) in [5.41, 5.74) is 8.31. The van der Waals surface area contributed by atoms with Gasteiger partial charge in [0, 0.05) is 0 Å². The van der Waals surface area contributed by atoms with E-state index in [1.807, 2.05) is 0 Å². The molecule has 0 heterocycles. The number of hydrogen-bond acceptors (Lipinski definition) is 0. The summed E-state index contributed by atoms with van der Waals surface area (Å²) < 4.78 is 3.06. The van der Waals surface area contributed by atoms with E-state index in [-0.39, 0.29) is 0 Å². The minimum absolute atomic E-state index is 1.34. The third-order valence-corrected chi connectivity index (χ3v) is 28.9. The standard InChI is InChI=1S/2C9H11.2BrH.Pb/c2*1-7-4-8(2)6-9(3)5-7;;;/h2*4-5H,1-3H3;2*1H;/q;;;;+2/p-2. The van der Waals surface area contributed by atoms with Crippen LogP contribution < -0.4 is 6.25 Å². The van der Waals surface area contributed by atoms with Crippen LogP contribution in [0.25, 0.3) is 0 Å². The van der Waals surface area contributed by atoms with Crippen molar-refractivity contribution in [1.82, 2.24) is 0 Å². The van der Waals surface area contributed by atoms with Crippen LogP contribution >= 0.6 is 24.0 Å². The summed E-state index contributed by atoms with van der Waals surface area (Å²) in [5.74, 6) is 0. The van der Waals surface area contributed by atoms with Crippen LogP contribution in [0.4, 0.5) is 0 Å². The second-order valence-electron chi connectivity index (χ2n) is 6.12. The molecule has 0 fully saturated rings. The number of benzene rings is 2. The van der Waals surface area contributed by atoms with Gasteiger partial charge in [0.2, 0.25) is 0 Å². The first-order chi connectivity index (χ1) is 9.64. The molecule has 2 aromatic carbocycles. The van der Waals surface area contributed by atoms with Gasteiger partial charge < -0.3 is 0 Å². The fourth-order valence-corrected chi connectivity index (χ4v) is 35.2. The van der Waals surface area contributed by atoms with E-state index in [0.717, 1.165) is 0 Å². The number of halogens is 2. The van der Waals surface area contributed by atoms with Crippen molar-refractivity contribution >= 4 is 46.6 Å². The van der Waals surface area contributed by atoms with Crippen molar-refractivity contribution < 1.29 is 0 Å². The maximum atomic E-state index is 4.19. The molecule has 0 aliphatic heterocycles. The van der Waals surface area contributed by atoms with Gasteiger partial charge in [-0.2, -0.15) is 0 Å². The molecule has 0 atom stereocenters. The van der Waals surface area contributed by atoms with Gasteiger partial charge in [-0.05, 0) is 0 Å². The molecule has 2 aromatic rings. The van der Waals surface area contributed by atoms with Crippen molar-refractivity contribution in [2.45, 2.75) is 41.5 Å². The van der Waals surface area contributed by atoms with Crippen LogP contribution in [-0.4, -0.2) is 16.4 Å². The predicted octanol–water partition coefficient (Wildman–Crippen LogP) is 4.88. The van der Waals surface area contributed by atoms with Crippen LogP contribution in [0.2, 0.25) is 0 Å². The third kappa shape index (κ3) is 3.47. The first-order valence-corrected chi connectivity index (χ1v) is 27.9. The van der Waals surface area contributed by atoms with Crippen LogP contribution in [0, 0.1) is 41.5 Å². The predicted molar refractivity (Wildman–Crippen MR) is 104 cm³/mol. The number of rotatable bonds is 2. The summed E-state index contributed by atoms with van der Waals surface area (Å²) in [6.07, 6.45) is 0. The Morgan fingerprint density at radius 3 is 1.05 bits per heavy atom. The van der Waals surface area contributed by atoms with Gasteiger partial charge in [0.25, 0.3) is 0 Å². The van der Waals surface area contributed by atoms with E-state index in [4.69, 9.17) is 0 Å². The van der Waals surface area contributed by atoms with Crippen molar-refractivity contribution in [3.05, 3.63) is 57.6 Å². The van der Waals surface area contributed by atoms with E-state index in [0.29, 0.717) is 0 Å². The van der Waals surface area contributed by atoms with Crippen molar-refractivity contribution in [1.29, 1.82) is 0 Å². The van der Waals surface area contributed by atoms with E-state index < -0.39 is 16.4 Å². The molecule has 0 aliphatic rings. The first kappa shape index (κ1) is 17.7. The Morgan fingerprint density at radius 1 is 0.571 bits per heavy atom. The van der Waals surface area contributed by atoms with Crippen LogP contribution in [0.1, 0.15) is 33.4 Å².